The van der Waals surface area contributed by atoms with Gasteiger partial charge in [0.05, 0.1) is 0 Å². The molecule has 0 bridgehead atoms. The number of nitrogens with one attached hydrogen (secondary N) is 1. The van der Waals surface area contributed by atoms with Crippen LogP contribution < -0.4 is 10.1 Å². The van der Waals surface area contributed by atoms with E-state index in [-0.39, 0.29) is 6.23 Å². The lowest BCUT2D eigenvalue weighted by atomic mass is 10.1. The number of fused-ring (bicyclic) bond motifs is 3. The second kappa shape index (κ2) is 6.13. The van der Waals surface area contributed by atoms with Gasteiger partial charge < -0.3 is 10.1 Å². The largest absolute Gasteiger partial charge is 0.452 e. The summed E-state index contributed by atoms with van der Waals surface area (Å²) in [5, 5.41) is 12.4. The first kappa shape index (κ1) is 13.9. The molecule has 6 heteroatoms. The Hall–Kier alpha value is -2.08. The Morgan fingerprint density at radius 2 is 2.24 bits per heavy atom. The van der Waals surface area contributed by atoms with Gasteiger partial charge in [0.1, 0.15) is 0 Å². The summed E-state index contributed by atoms with van der Waals surface area (Å²) in [5.74, 6) is 1.27. The van der Waals surface area contributed by atoms with E-state index in [0.717, 1.165) is 23.4 Å². The molecule has 3 rings (SSSR count). The summed E-state index contributed by atoms with van der Waals surface area (Å²) >= 11 is 1.49. The Labute approximate surface area is 127 Å². The first-order valence-corrected chi connectivity index (χ1v) is 7.81. The molecule has 0 spiro atoms. The Balaban J connectivity index is 2.06. The third-order valence-electron chi connectivity index (χ3n) is 3.09. The minimum absolute atomic E-state index is 0.124. The molecule has 1 aromatic carbocycles. The summed E-state index contributed by atoms with van der Waals surface area (Å²) < 4.78 is 5.95. The van der Waals surface area contributed by atoms with E-state index in [4.69, 9.17) is 4.74 Å². The smallest absolute Gasteiger partial charge is 0.247 e. The number of hydrogen-bond donors (Lipinski definition) is 1. The van der Waals surface area contributed by atoms with Crippen molar-refractivity contribution in [3.05, 3.63) is 36.9 Å². The van der Waals surface area contributed by atoms with E-state index in [2.05, 4.69) is 34.0 Å². The van der Waals surface area contributed by atoms with Crippen LogP contribution >= 0.6 is 11.8 Å². The number of ether oxygens (including phenoxy) is 1. The van der Waals surface area contributed by atoms with Crippen molar-refractivity contribution >= 4 is 17.4 Å². The second-order valence-corrected chi connectivity index (χ2v) is 5.54. The molecule has 108 valence electrons. The molecule has 2 heterocycles. The molecule has 1 N–H and O–H groups in total. The molecule has 1 aromatic heterocycles. The number of hydrogen-bond acceptors (Lipinski definition) is 6. The van der Waals surface area contributed by atoms with Crippen LogP contribution in [0.2, 0.25) is 0 Å². The van der Waals surface area contributed by atoms with Gasteiger partial charge in [0.2, 0.25) is 11.0 Å². The topological polar surface area (TPSA) is 59.9 Å². The number of rotatable bonds is 4. The Bertz CT molecular complexity index is 662. The molecular weight excluding hydrogens is 284 g/mol. The standard InChI is InChI=1S/C15H16N4OS/c1-3-9-21-15-17-14-13(18-19-15)10-7-5-6-8-11(10)16-12(4-2)20-14/h3,5-8,12,16H,1,4,9H2,2H3/t12-/m0/s1. The maximum Gasteiger partial charge on any atom is 0.247 e. The summed E-state index contributed by atoms with van der Waals surface area (Å²) in [6, 6.07) is 7.96. The van der Waals surface area contributed by atoms with E-state index in [9.17, 15) is 0 Å². The third kappa shape index (κ3) is 2.85. The van der Waals surface area contributed by atoms with E-state index in [1.807, 2.05) is 30.3 Å². The molecule has 1 atom stereocenters. The molecule has 1 aliphatic heterocycles. The van der Waals surface area contributed by atoms with Crippen LogP contribution in [0.1, 0.15) is 13.3 Å². The van der Waals surface area contributed by atoms with Crippen LogP contribution in [-0.2, 0) is 0 Å². The highest BCUT2D eigenvalue weighted by molar-refractivity contribution is 7.99. The van der Waals surface area contributed by atoms with E-state index >= 15 is 0 Å². The van der Waals surface area contributed by atoms with Gasteiger partial charge in [-0.05, 0) is 6.07 Å². The second-order valence-electron chi connectivity index (χ2n) is 4.55. The zero-order valence-electron chi connectivity index (χ0n) is 11.7. The Kier molecular flexibility index (Phi) is 4.06. The number of aromatic nitrogens is 3. The minimum Gasteiger partial charge on any atom is -0.452 e. The van der Waals surface area contributed by atoms with Gasteiger partial charge in [-0.15, -0.1) is 16.8 Å². The molecule has 2 aromatic rings. The maximum absolute atomic E-state index is 5.95. The van der Waals surface area contributed by atoms with Crippen LogP contribution in [0.3, 0.4) is 0 Å². The fourth-order valence-corrected chi connectivity index (χ4v) is 2.60. The van der Waals surface area contributed by atoms with E-state index in [1.54, 1.807) is 0 Å². The van der Waals surface area contributed by atoms with Gasteiger partial charge in [-0.2, -0.15) is 4.98 Å². The average molecular weight is 300 g/mol. The van der Waals surface area contributed by atoms with Crippen molar-refractivity contribution in [2.24, 2.45) is 0 Å². The molecule has 0 aliphatic carbocycles. The van der Waals surface area contributed by atoms with Crippen molar-refractivity contribution in [3.8, 4) is 17.1 Å². The predicted molar refractivity (Wildman–Crippen MR) is 84.5 cm³/mol. The monoisotopic (exact) mass is 300 g/mol. The number of benzene rings is 1. The predicted octanol–water partition coefficient (Wildman–Crippen LogP) is 3.36. The van der Waals surface area contributed by atoms with E-state index in [0.29, 0.717) is 16.7 Å². The molecule has 0 unspecified atom stereocenters. The molecule has 0 saturated carbocycles. The zero-order valence-corrected chi connectivity index (χ0v) is 12.6. The van der Waals surface area contributed by atoms with Crippen molar-refractivity contribution in [1.82, 2.24) is 15.2 Å². The average Bonchev–Trinajstić information content (AvgIpc) is 2.68. The molecule has 0 fully saturated rings. The summed E-state index contributed by atoms with van der Waals surface area (Å²) in [4.78, 5) is 4.49. The lowest BCUT2D eigenvalue weighted by Gasteiger charge is -2.16. The summed E-state index contributed by atoms with van der Waals surface area (Å²) in [5.41, 5.74) is 2.63. The first-order chi connectivity index (χ1) is 10.3. The zero-order chi connectivity index (χ0) is 14.7. The maximum atomic E-state index is 5.95. The number of thioether (sulfide) groups is 1. The molecule has 21 heavy (non-hydrogen) atoms. The highest BCUT2D eigenvalue weighted by Gasteiger charge is 2.23. The van der Waals surface area contributed by atoms with Gasteiger partial charge in [0.15, 0.2) is 11.9 Å². The van der Waals surface area contributed by atoms with Gasteiger partial charge in [0.25, 0.3) is 0 Å². The van der Waals surface area contributed by atoms with Crippen LogP contribution in [0.25, 0.3) is 11.3 Å². The highest BCUT2D eigenvalue weighted by Crippen LogP contribution is 2.36. The number of para-hydroxylation sites is 1. The SMILES string of the molecule is C=CCSc1nnc2c(n1)O[C@@H](CC)Nc1ccccc1-2. The van der Waals surface area contributed by atoms with Gasteiger partial charge in [-0.25, -0.2) is 0 Å². The van der Waals surface area contributed by atoms with E-state index in [1.165, 1.54) is 11.8 Å². The molecule has 0 amide bonds. The molecule has 0 saturated heterocycles. The van der Waals surface area contributed by atoms with E-state index < -0.39 is 0 Å². The fraction of sp³-hybridized carbons (Fsp3) is 0.267. The van der Waals surface area contributed by atoms with Crippen molar-refractivity contribution < 1.29 is 4.74 Å². The molecule has 1 aliphatic rings. The van der Waals surface area contributed by atoms with Crippen LogP contribution in [0, 0.1) is 0 Å². The van der Waals surface area contributed by atoms with Crippen LogP contribution in [0.4, 0.5) is 5.69 Å². The molecule has 5 nitrogen and oxygen atoms in total. The van der Waals surface area contributed by atoms with Gasteiger partial charge >= 0.3 is 0 Å². The quantitative estimate of drug-likeness (QED) is 0.690. The highest BCUT2D eigenvalue weighted by atomic mass is 32.2. The summed E-state index contributed by atoms with van der Waals surface area (Å²) in [6.45, 7) is 5.76. The number of nitrogens with zero attached hydrogens (tertiary/aromatic N) is 3. The first-order valence-electron chi connectivity index (χ1n) is 6.82. The van der Waals surface area contributed by atoms with Gasteiger partial charge in [-0.3, -0.25) is 0 Å². The van der Waals surface area contributed by atoms with Crippen LogP contribution in [-0.4, -0.2) is 27.2 Å². The van der Waals surface area contributed by atoms with Crippen LogP contribution in [0.15, 0.2) is 42.1 Å². The van der Waals surface area contributed by atoms with Crippen molar-refractivity contribution in [2.45, 2.75) is 24.7 Å². The van der Waals surface area contributed by atoms with Crippen LogP contribution in [0.5, 0.6) is 5.88 Å². The van der Waals surface area contributed by atoms with Crippen molar-refractivity contribution in [3.63, 3.8) is 0 Å². The number of anilines is 1. The molecular formula is C15H16N4OS. The lowest BCUT2D eigenvalue weighted by molar-refractivity contribution is 0.216. The summed E-state index contributed by atoms with van der Waals surface area (Å²) in [7, 11) is 0. The normalized spacial score (nSPS) is 16.0. The van der Waals surface area contributed by atoms with Gasteiger partial charge in [-0.1, -0.05) is 43.0 Å². The van der Waals surface area contributed by atoms with Gasteiger partial charge in [0, 0.05) is 23.4 Å². The van der Waals surface area contributed by atoms with Crippen molar-refractivity contribution in [1.29, 1.82) is 0 Å². The Morgan fingerprint density at radius 3 is 3.05 bits per heavy atom. The lowest BCUT2D eigenvalue weighted by Crippen LogP contribution is -2.24. The fourth-order valence-electron chi connectivity index (χ4n) is 2.08. The molecule has 0 radical (unpaired) electrons. The van der Waals surface area contributed by atoms with Crippen molar-refractivity contribution in [2.75, 3.05) is 11.1 Å². The Morgan fingerprint density at radius 1 is 1.38 bits per heavy atom. The third-order valence-corrected chi connectivity index (χ3v) is 3.92. The minimum atomic E-state index is -0.124. The summed E-state index contributed by atoms with van der Waals surface area (Å²) in [6.07, 6.45) is 2.51.